The summed E-state index contributed by atoms with van der Waals surface area (Å²) in [4.78, 5) is 0. The number of furan rings is 1. The van der Waals surface area contributed by atoms with Crippen LogP contribution in [0.2, 0.25) is 0 Å². The first-order valence-corrected chi connectivity index (χ1v) is 7.02. The lowest BCUT2D eigenvalue weighted by atomic mass is 10.2. The van der Waals surface area contributed by atoms with E-state index in [2.05, 4.69) is 5.32 Å². The summed E-state index contributed by atoms with van der Waals surface area (Å²) in [5, 5.41) is 17.3. The number of hydrogen-bond donors (Lipinski definition) is 3. The van der Waals surface area contributed by atoms with Gasteiger partial charge in [-0.05, 0) is 30.9 Å². The van der Waals surface area contributed by atoms with Crippen molar-refractivity contribution in [3.05, 3.63) is 17.9 Å². The van der Waals surface area contributed by atoms with Gasteiger partial charge in [-0.25, -0.2) is 13.6 Å². The van der Waals surface area contributed by atoms with Gasteiger partial charge in [0.1, 0.15) is 5.76 Å². The van der Waals surface area contributed by atoms with Crippen LogP contribution in [0.5, 0.6) is 0 Å². The van der Waals surface area contributed by atoms with E-state index in [9.17, 15) is 13.5 Å². The van der Waals surface area contributed by atoms with Gasteiger partial charge in [0, 0.05) is 6.54 Å². The maximum Gasteiger partial charge on any atom is 0.271 e. The van der Waals surface area contributed by atoms with Crippen molar-refractivity contribution < 1.29 is 17.9 Å². The monoisotopic (exact) mass is 260 g/mol. The molecule has 0 amide bonds. The van der Waals surface area contributed by atoms with Crippen molar-refractivity contribution in [3.63, 3.8) is 0 Å². The molecule has 1 aliphatic rings. The minimum atomic E-state index is -3.77. The van der Waals surface area contributed by atoms with Crippen LogP contribution in [-0.4, -0.2) is 26.2 Å². The zero-order valence-corrected chi connectivity index (χ0v) is 10.1. The molecule has 1 saturated carbocycles. The van der Waals surface area contributed by atoms with Crippen molar-refractivity contribution in [3.8, 4) is 0 Å². The smallest absolute Gasteiger partial charge is 0.271 e. The quantitative estimate of drug-likeness (QED) is 0.656. The predicted octanol–water partition coefficient (Wildman–Crippen LogP) is -0.212. The molecule has 1 unspecified atom stereocenters. The molecule has 1 heterocycles. The second kappa shape index (κ2) is 4.77. The van der Waals surface area contributed by atoms with Gasteiger partial charge in [-0.1, -0.05) is 0 Å². The van der Waals surface area contributed by atoms with E-state index in [1.165, 1.54) is 6.07 Å². The van der Waals surface area contributed by atoms with Crippen LogP contribution in [0.15, 0.2) is 21.6 Å². The molecule has 0 saturated heterocycles. The molecular formula is C10H16N2O4S. The van der Waals surface area contributed by atoms with Crippen LogP contribution in [-0.2, 0) is 16.6 Å². The first-order valence-electron chi connectivity index (χ1n) is 5.47. The molecular weight excluding hydrogens is 244 g/mol. The van der Waals surface area contributed by atoms with E-state index < -0.39 is 10.0 Å². The highest BCUT2D eigenvalue weighted by Crippen LogP contribution is 2.32. The lowest BCUT2D eigenvalue weighted by Crippen LogP contribution is -2.27. The number of aliphatic hydroxyl groups is 1. The summed E-state index contributed by atoms with van der Waals surface area (Å²) in [6.45, 7) is 0.857. The maximum absolute atomic E-state index is 10.9. The van der Waals surface area contributed by atoms with Crippen molar-refractivity contribution in [2.45, 2.75) is 30.6 Å². The predicted molar refractivity (Wildman–Crippen MR) is 60.5 cm³/mol. The molecule has 2 rings (SSSR count). The van der Waals surface area contributed by atoms with Crippen molar-refractivity contribution in [1.29, 1.82) is 0 Å². The number of hydrogen-bond acceptors (Lipinski definition) is 5. The third kappa shape index (κ3) is 3.53. The Kier molecular flexibility index (Phi) is 3.53. The van der Waals surface area contributed by atoms with Crippen LogP contribution < -0.4 is 10.5 Å². The van der Waals surface area contributed by atoms with Crippen LogP contribution in [0.3, 0.4) is 0 Å². The first kappa shape index (κ1) is 12.6. The van der Waals surface area contributed by atoms with E-state index in [0.29, 0.717) is 24.8 Å². The number of nitrogens with one attached hydrogen (secondary N) is 1. The maximum atomic E-state index is 10.9. The lowest BCUT2D eigenvalue weighted by molar-refractivity contribution is 0.147. The van der Waals surface area contributed by atoms with E-state index in [4.69, 9.17) is 9.56 Å². The normalized spacial score (nSPS) is 18.2. The minimum absolute atomic E-state index is 0.239. The summed E-state index contributed by atoms with van der Waals surface area (Å²) in [7, 11) is -3.77. The van der Waals surface area contributed by atoms with Gasteiger partial charge in [0.05, 0.1) is 12.6 Å². The van der Waals surface area contributed by atoms with Crippen molar-refractivity contribution in [1.82, 2.24) is 5.32 Å². The molecule has 0 aliphatic heterocycles. The van der Waals surface area contributed by atoms with Gasteiger partial charge in [0.25, 0.3) is 10.0 Å². The largest absolute Gasteiger partial charge is 0.447 e. The number of aliphatic hydroxyl groups excluding tert-OH is 1. The van der Waals surface area contributed by atoms with Crippen LogP contribution in [0, 0.1) is 5.92 Å². The van der Waals surface area contributed by atoms with Crippen LogP contribution in [0.25, 0.3) is 0 Å². The molecule has 1 aromatic heterocycles. The van der Waals surface area contributed by atoms with Gasteiger partial charge in [-0.2, -0.15) is 0 Å². The van der Waals surface area contributed by atoms with Crippen molar-refractivity contribution >= 4 is 10.0 Å². The highest BCUT2D eigenvalue weighted by molar-refractivity contribution is 7.89. The summed E-state index contributed by atoms with van der Waals surface area (Å²) in [6.07, 6.45) is 1.83. The van der Waals surface area contributed by atoms with Crippen molar-refractivity contribution in [2.24, 2.45) is 11.1 Å². The second-order valence-electron chi connectivity index (χ2n) is 4.30. The van der Waals surface area contributed by atoms with Crippen LogP contribution >= 0.6 is 0 Å². The summed E-state index contributed by atoms with van der Waals surface area (Å²) in [5.41, 5.74) is 0. The average molecular weight is 260 g/mol. The molecule has 1 atom stereocenters. The van der Waals surface area contributed by atoms with Gasteiger partial charge in [-0.3, -0.25) is 0 Å². The third-order valence-electron chi connectivity index (χ3n) is 2.74. The standard InChI is InChI=1S/C10H16N2O4S/c11-17(14,15)10-4-3-8(16-10)5-12-6-9(13)7-1-2-7/h3-4,7,9,12-13H,1-2,5-6H2,(H2,11,14,15). The fourth-order valence-corrected chi connectivity index (χ4v) is 2.08. The Morgan fingerprint density at radius 3 is 2.76 bits per heavy atom. The Bertz CT molecular complexity index is 478. The Hall–Kier alpha value is -0.890. The van der Waals surface area contributed by atoms with E-state index in [1.807, 2.05) is 0 Å². The number of nitrogens with two attached hydrogens (primary N) is 1. The molecule has 0 bridgehead atoms. The summed E-state index contributed by atoms with van der Waals surface area (Å²) < 4.78 is 26.9. The van der Waals surface area contributed by atoms with Crippen molar-refractivity contribution in [2.75, 3.05) is 6.54 Å². The molecule has 0 aromatic carbocycles. The van der Waals surface area contributed by atoms with Gasteiger partial charge >= 0.3 is 0 Å². The molecule has 0 spiro atoms. The Labute approximate surface area is 99.9 Å². The van der Waals surface area contributed by atoms with Gasteiger partial charge in [-0.15, -0.1) is 0 Å². The topological polar surface area (TPSA) is 106 Å². The van der Waals surface area contributed by atoms with E-state index in [1.54, 1.807) is 6.07 Å². The van der Waals surface area contributed by atoms with Crippen LogP contribution in [0.4, 0.5) is 0 Å². The summed E-state index contributed by atoms with van der Waals surface area (Å²) in [6, 6.07) is 2.87. The average Bonchev–Trinajstić information content (AvgIpc) is 2.97. The molecule has 1 aromatic rings. The molecule has 7 heteroatoms. The van der Waals surface area contributed by atoms with E-state index >= 15 is 0 Å². The number of rotatable bonds is 6. The Balaban J connectivity index is 1.81. The van der Waals surface area contributed by atoms with Gasteiger partial charge in [0.15, 0.2) is 0 Å². The zero-order chi connectivity index (χ0) is 12.5. The van der Waals surface area contributed by atoms with Gasteiger partial charge in [0.2, 0.25) is 5.09 Å². The summed E-state index contributed by atoms with van der Waals surface area (Å²) in [5.74, 6) is 0.899. The number of sulfonamides is 1. The van der Waals surface area contributed by atoms with Gasteiger partial charge < -0.3 is 14.8 Å². The molecule has 6 nitrogen and oxygen atoms in total. The van der Waals surface area contributed by atoms with E-state index in [-0.39, 0.29) is 11.2 Å². The molecule has 17 heavy (non-hydrogen) atoms. The second-order valence-corrected chi connectivity index (χ2v) is 5.79. The highest BCUT2D eigenvalue weighted by atomic mass is 32.2. The molecule has 4 N–H and O–H groups in total. The Morgan fingerprint density at radius 1 is 1.53 bits per heavy atom. The number of primary sulfonamides is 1. The lowest BCUT2D eigenvalue weighted by Gasteiger charge is -2.09. The zero-order valence-electron chi connectivity index (χ0n) is 9.30. The fourth-order valence-electron chi connectivity index (χ4n) is 1.60. The highest BCUT2D eigenvalue weighted by Gasteiger charge is 2.29. The van der Waals surface area contributed by atoms with E-state index in [0.717, 1.165) is 12.8 Å². The minimum Gasteiger partial charge on any atom is -0.447 e. The Morgan fingerprint density at radius 2 is 2.24 bits per heavy atom. The molecule has 0 radical (unpaired) electrons. The molecule has 96 valence electrons. The third-order valence-corrected chi connectivity index (χ3v) is 3.52. The SMILES string of the molecule is NS(=O)(=O)c1ccc(CNCC(O)C2CC2)o1. The first-order chi connectivity index (χ1) is 7.97. The van der Waals surface area contributed by atoms with Crippen LogP contribution in [0.1, 0.15) is 18.6 Å². The fraction of sp³-hybridized carbons (Fsp3) is 0.600. The molecule has 1 fully saturated rings. The summed E-state index contributed by atoms with van der Waals surface area (Å²) >= 11 is 0. The molecule has 1 aliphatic carbocycles.